The predicted molar refractivity (Wildman–Crippen MR) is 168 cm³/mol. The van der Waals surface area contributed by atoms with Gasteiger partial charge in [0.15, 0.2) is 0 Å². The second kappa shape index (κ2) is 16.8. The van der Waals surface area contributed by atoms with Crippen LogP contribution in [-0.4, -0.2) is 91.2 Å². The topological polar surface area (TPSA) is 127 Å². The maximum absolute atomic E-state index is 13.8. The number of likely N-dealkylation sites (tertiary alicyclic amines) is 1. The van der Waals surface area contributed by atoms with E-state index < -0.39 is 18.1 Å². The number of ether oxygens (including phenoxy) is 2. The lowest BCUT2D eigenvalue weighted by atomic mass is 9.90. The molecule has 1 aliphatic rings. The molecule has 2 heterocycles. The molecule has 3 amide bonds. The normalized spacial score (nSPS) is 19.2. The summed E-state index contributed by atoms with van der Waals surface area (Å²) in [7, 11) is 4.90. The summed E-state index contributed by atoms with van der Waals surface area (Å²) >= 11 is 1.51. The fourth-order valence-corrected chi connectivity index (χ4v) is 6.92. The molecule has 0 saturated carbocycles. The lowest BCUT2D eigenvalue weighted by Crippen LogP contribution is -2.54. The second-order valence-corrected chi connectivity index (χ2v) is 12.4. The fraction of sp³-hybridized carbons (Fsp3) is 0.625. The first-order chi connectivity index (χ1) is 20.7. The zero-order chi connectivity index (χ0) is 31.5. The molecule has 1 fully saturated rings. The van der Waals surface area contributed by atoms with E-state index in [4.69, 9.17) is 15.2 Å². The summed E-state index contributed by atoms with van der Waals surface area (Å²) < 4.78 is 11.8. The van der Waals surface area contributed by atoms with Gasteiger partial charge in [0.05, 0.1) is 49.2 Å². The first-order valence-corrected chi connectivity index (χ1v) is 16.1. The average Bonchev–Trinajstić information content (AvgIpc) is 3.74. The monoisotopic (exact) mass is 615 g/mol. The molecule has 1 unspecified atom stereocenters. The van der Waals surface area contributed by atoms with Gasteiger partial charge in [0, 0.05) is 39.4 Å². The van der Waals surface area contributed by atoms with E-state index in [1.54, 1.807) is 32.4 Å². The number of likely N-dealkylation sites (N-methyl/N-ethyl adjacent to an activating group) is 1. The van der Waals surface area contributed by atoms with Crippen molar-refractivity contribution in [3.05, 3.63) is 52.5 Å². The molecule has 10 nitrogen and oxygen atoms in total. The van der Waals surface area contributed by atoms with Gasteiger partial charge >= 0.3 is 0 Å². The molecule has 43 heavy (non-hydrogen) atoms. The SMILES string of the molecule is CC[C@H](C)[C@@H]([C@@H](CC(=O)N1CCCC1[C@H](OC)[C@@H](C)C(=O)N[C@@H](Cc1ccccc1)c1nccs1)OC)N(C)C(=O)CN. The highest BCUT2D eigenvalue weighted by atomic mass is 32.1. The van der Waals surface area contributed by atoms with Crippen molar-refractivity contribution in [2.24, 2.45) is 17.6 Å². The van der Waals surface area contributed by atoms with Crippen molar-refractivity contribution >= 4 is 29.1 Å². The van der Waals surface area contributed by atoms with Crippen LogP contribution in [0.25, 0.3) is 0 Å². The number of aromatic nitrogens is 1. The van der Waals surface area contributed by atoms with Crippen molar-refractivity contribution < 1.29 is 23.9 Å². The van der Waals surface area contributed by atoms with Crippen molar-refractivity contribution in [2.45, 2.75) is 83.2 Å². The van der Waals surface area contributed by atoms with Crippen LogP contribution in [-0.2, 0) is 30.3 Å². The Bertz CT molecular complexity index is 1150. The Morgan fingerprint density at radius 1 is 1.19 bits per heavy atom. The van der Waals surface area contributed by atoms with Crippen molar-refractivity contribution in [1.82, 2.24) is 20.1 Å². The van der Waals surface area contributed by atoms with Gasteiger partial charge in [-0.15, -0.1) is 11.3 Å². The number of carbonyl (C=O) groups excluding carboxylic acids is 3. The van der Waals surface area contributed by atoms with Crippen molar-refractivity contribution in [1.29, 1.82) is 0 Å². The Hall–Kier alpha value is -2.86. The largest absolute Gasteiger partial charge is 0.379 e. The molecule has 3 N–H and O–H groups in total. The van der Waals surface area contributed by atoms with Gasteiger partial charge in [-0.1, -0.05) is 57.5 Å². The summed E-state index contributed by atoms with van der Waals surface area (Å²) in [4.78, 5) is 47.9. The van der Waals surface area contributed by atoms with Crippen LogP contribution in [0.5, 0.6) is 0 Å². The molecule has 0 spiro atoms. The molecular formula is C32H49N5O5S. The van der Waals surface area contributed by atoms with E-state index in [1.165, 1.54) is 11.3 Å². The van der Waals surface area contributed by atoms with E-state index in [9.17, 15) is 14.4 Å². The summed E-state index contributed by atoms with van der Waals surface area (Å²) in [6.07, 6.45) is 3.86. The smallest absolute Gasteiger partial charge is 0.236 e. The standard InChI is InChI=1S/C32H49N5O5S/c1-7-21(2)29(36(4)28(39)20-33)26(41-5)19-27(38)37-16-11-14-25(37)30(42-6)22(3)31(40)35-24(32-34-15-17-43-32)18-23-12-9-8-10-13-23/h8-10,12-13,15,17,21-22,24-26,29-30H,7,11,14,16,18-20,33H2,1-6H3,(H,35,40)/t21-,22+,24-,25?,26+,29-,30+/m0/s1. The predicted octanol–water partition coefficient (Wildman–Crippen LogP) is 3.42. The van der Waals surface area contributed by atoms with Crippen LogP contribution in [0.1, 0.15) is 63.1 Å². The van der Waals surface area contributed by atoms with Crippen LogP contribution in [0.4, 0.5) is 0 Å². The summed E-state index contributed by atoms with van der Waals surface area (Å²) in [5.41, 5.74) is 6.76. The summed E-state index contributed by atoms with van der Waals surface area (Å²) in [5.74, 6) is -0.821. The Kier molecular flexibility index (Phi) is 13.6. The highest BCUT2D eigenvalue weighted by molar-refractivity contribution is 7.09. The molecular weight excluding hydrogens is 566 g/mol. The van der Waals surface area contributed by atoms with Crippen LogP contribution in [0.2, 0.25) is 0 Å². The Balaban J connectivity index is 1.74. The minimum atomic E-state index is -0.513. The number of hydrogen-bond donors (Lipinski definition) is 2. The van der Waals surface area contributed by atoms with E-state index in [0.29, 0.717) is 13.0 Å². The zero-order valence-electron chi connectivity index (χ0n) is 26.4. The lowest BCUT2D eigenvalue weighted by molar-refractivity contribution is -0.145. The van der Waals surface area contributed by atoms with Crippen molar-refractivity contribution in [3.63, 3.8) is 0 Å². The van der Waals surface area contributed by atoms with Crippen LogP contribution in [0.3, 0.4) is 0 Å². The fourth-order valence-electron chi connectivity index (χ4n) is 6.23. The van der Waals surface area contributed by atoms with E-state index in [-0.39, 0.29) is 54.7 Å². The van der Waals surface area contributed by atoms with Crippen LogP contribution < -0.4 is 11.1 Å². The van der Waals surface area contributed by atoms with Gasteiger partial charge in [-0.05, 0) is 30.7 Å². The van der Waals surface area contributed by atoms with E-state index in [1.807, 2.05) is 47.5 Å². The van der Waals surface area contributed by atoms with Crippen LogP contribution in [0.15, 0.2) is 41.9 Å². The third-order valence-electron chi connectivity index (χ3n) is 8.83. The first kappa shape index (κ1) is 34.6. The maximum Gasteiger partial charge on any atom is 0.236 e. The number of benzene rings is 1. The van der Waals surface area contributed by atoms with Crippen molar-refractivity contribution in [3.8, 4) is 0 Å². The first-order valence-electron chi connectivity index (χ1n) is 15.2. The number of nitrogens with one attached hydrogen (secondary N) is 1. The number of nitrogens with two attached hydrogens (primary N) is 1. The molecule has 0 bridgehead atoms. The lowest BCUT2D eigenvalue weighted by Gasteiger charge is -2.39. The number of amides is 3. The minimum absolute atomic E-state index is 0.0735. The molecule has 0 radical (unpaired) electrons. The Morgan fingerprint density at radius 2 is 1.91 bits per heavy atom. The minimum Gasteiger partial charge on any atom is -0.379 e. The average molecular weight is 616 g/mol. The van der Waals surface area contributed by atoms with Crippen LogP contribution in [0, 0.1) is 11.8 Å². The van der Waals surface area contributed by atoms with Crippen LogP contribution >= 0.6 is 11.3 Å². The van der Waals surface area contributed by atoms with Gasteiger partial charge in [0.1, 0.15) is 5.01 Å². The number of methoxy groups -OCH3 is 2. The van der Waals surface area contributed by atoms with Gasteiger partial charge in [-0.3, -0.25) is 14.4 Å². The van der Waals surface area contributed by atoms with Gasteiger partial charge in [0.2, 0.25) is 17.7 Å². The molecule has 1 aromatic carbocycles. The van der Waals surface area contributed by atoms with Gasteiger partial charge in [-0.2, -0.15) is 0 Å². The number of thiazole rings is 1. The zero-order valence-corrected chi connectivity index (χ0v) is 27.2. The van der Waals surface area contributed by atoms with Crippen molar-refractivity contribution in [2.75, 3.05) is 34.4 Å². The van der Waals surface area contributed by atoms with E-state index >= 15 is 0 Å². The van der Waals surface area contributed by atoms with Gasteiger partial charge < -0.3 is 30.3 Å². The molecule has 1 aromatic heterocycles. The molecule has 1 saturated heterocycles. The van der Waals surface area contributed by atoms with E-state index in [0.717, 1.165) is 29.8 Å². The molecule has 1 aliphatic heterocycles. The molecule has 0 aliphatic carbocycles. The molecule has 2 aromatic rings. The highest BCUT2D eigenvalue weighted by Gasteiger charge is 2.42. The third-order valence-corrected chi connectivity index (χ3v) is 9.72. The van der Waals surface area contributed by atoms with E-state index in [2.05, 4.69) is 24.1 Å². The number of rotatable bonds is 16. The Morgan fingerprint density at radius 3 is 2.49 bits per heavy atom. The molecule has 238 valence electrons. The quantitative estimate of drug-likeness (QED) is 0.296. The summed E-state index contributed by atoms with van der Waals surface area (Å²) in [5, 5.41) is 5.96. The summed E-state index contributed by atoms with van der Waals surface area (Å²) in [6, 6.07) is 9.19. The Labute approximate surface area is 260 Å². The van der Waals surface area contributed by atoms with Gasteiger partial charge in [-0.25, -0.2) is 4.98 Å². The highest BCUT2D eigenvalue weighted by Crippen LogP contribution is 2.30. The second-order valence-electron chi connectivity index (χ2n) is 11.5. The summed E-state index contributed by atoms with van der Waals surface area (Å²) in [6.45, 7) is 6.44. The molecule has 11 heteroatoms. The molecule has 7 atom stereocenters. The third kappa shape index (κ3) is 8.84. The maximum atomic E-state index is 13.8. The number of hydrogen-bond acceptors (Lipinski definition) is 8. The van der Waals surface area contributed by atoms with Gasteiger partial charge in [0.25, 0.3) is 0 Å². The number of carbonyl (C=O) groups is 3. The molecule has 3 rings (SSSR count). The number of nitrogens with zero attached hydrogens (tertiary/aromatic N) is 3.